The molecule has 4 N–H and O–H groups in total. The molecule has 0 unspecified atom stereocenters. The van der Waals surface area contributed by atoms with Gasteiger partial charge < -0.3 is 10.4 Å². The number of halogens is 4. The third kappa shape index (κ3) is 5.64. The van der Waals surface area contributed by atoms with Gasteiger partial charge in [-0.25, -0.2) is 27.9 Å². The number of sulfonamides is 1. The molecule has 178 valence electrons. The maximum Gasteiger partial charge on any atom is 0.419 e. The van der Waals surface area contributed by atoms with Gasteiger partial charge >= 0.3 is 6.18 Å². The Morgan fingerprint density at radius 1 is 1.21 bits per heavy atom. The van der Waals surface area contributed by atoms with Crippen LogP contribution in [0.3, 0.4) is 0 Å². The lowest BCUT2D eigenvalue weighted by atomic mass is 10.1. The van der Waals surface area contributed by atoms with E-state index in [-0.39, 0.29) is 29.3 Å². The second kappa shape index (κ2) is 8.35. The largest absolute Gasteiger partial charge is 0.419 e. The molecule has 0 spiro atoms. The summed E-state index contributed by atoms with van der Waals surface area (Å²) in [4.78, 5) is 7.07. The summed E-state index contributed by atoms with van der Waals surface area (Å²) in [6, 6.07) is 2.12. The van der Waals surface area contributed by atoms with Crippen molar-refractivity contribution >= 4 is 21.7 Å². The highest BCUT2D eigenvalue weighted by atomic mass is 32.2. The van der Waals surface area contributed by atoms with E-state index in [1.54, 1.807) is 0 Å². The maximum absolute atomic E-state index is 14.7. The quantitative estimate of drug-likeness (QED) is 0.454. The summed E-state index contributed by atoms with van der Waals surface area (Å²) in [7, 11) is -4.17. The molecule has 0 aliphatic carbocycles. The number of aromatic nitrogens is 4. The smallest absolute Gasteiger partial charge is 0.389 e. The molecule has 0 aliphatic heterocycles. The molecule has 2 aromatic heterocycles. The fourth-order valence-electron chi connectivity index (χ4n) is 3.03. The number of rotatable bonds is 6. The van der Waals surface area contributed by atoms with E-state index in [1.807, 2.05) is 0 Å². The van der Waals surface area contributed by atoms with Crippen LogP contribution in [0.15, 0.2) is 35.6 Å². The molecule has 0 fully saturated rings. The minimum absolute atomic E-state index is 0.00162. The zero-order valence-electron chi connectivity index (χ0n) is 17.6. The van der Waals surface area contributed by atoms with Crippen LogP contribution in [0.25, 0.3) is 11.3 Å². The van der Waals surface area contributed by atoms with Crippen LogP contribution in [0.4, 0.5) is 29.2 Å². The molecule has 0 aliphatic rings. The predicted molar refractivity (Wildman–Crippen MR) is 110 cm³/mol. The second-order valence-corrected chi connectivity index (χ2v) is 9.44. The highest BCUT2D eigenvalue weighted by Crippen LogP contribution is 2.36. The molecule has 2 heterocycles. The summed E-state index contributed by atoms with van der Waals surface area (Å²) in [6.07, 6.45) is -1.81. The van der Waals surface area contributed by atoms with Crippen molar-refractivity contribution in [2.24, 2.45) is 5.14 Å². The number of nitrogens with one attached hydrogen (secondary N) is 1. The minimum atomic E-state index is -4.79. The summed E-state index contributed by atoms with van der Waals surface area (Å²) < 4.78 is 79.6. The number of aliphatic hydroxyl groups is 1. The second-order valence-electron chi connectivity index (χ2n) is 7.91. The summed E-state index contributed by atoms with van der Waals surface area (Å²) in [5.74, 6) is -1.35. The first-order valence-corrected chi connectivity index (χ1v) is 10.9. The predicted octanol–water partition coefficient (Wildman–Crippen LogP) is 2.97. The molecule has 3 rings (SSSR count). The molecule has 0 saturated heterocycles. The molecule has 1 aromatic carbocycles. The van der Waals surface area contributed by atoms with Crippen molar-refractivity contribution in [2.75, 3.05) is 5.32 Å². The van der Waals surface area contributed by atoms with Gasteiger partial charge in [0.05, 0.1) is 34.6 Å². The van der Waals surface area contributed by atoms with Gasteiger partial charge in [0.25, 0.3) is 0 Å². The lowest BCUT2D eigenvalue weighted by Crippen LogP contribution is -2.26. The molecule has 9 nitrogen and oxygen atoms in total. The van der Waals surface area contributed by atoms with E-state index in [4.69, 9.17) is 5.14 Å². The number of hydrogen-bond donors (Lipinski definition) is 3. The third-order valence-corrected chi connectivity index (χ3v) is 5.49. The van der Waals surface area contributed by atoms with Crippen LogP contribution in [0.2, 0.25) is 0 Å². The Hall–Kier alpha value is -3.10. The molecule has 0 amide bonds. The van der Waals surface area contributed by atoms with Gasteiger partial charge in [0.15, 0.2) is 5.82 Å². The molecule has 14 heteroatoms. The number of nitrogens with zero attached hydrogens (tertiary/aromatic N) is 4. The molecule has 0 radical (unpaired) electrons. The average Bonchev–Trinajstić information content (AvgIpc) is 3.10. The molecule has 33 heavy (non-hydrogen) atoms. The Labute approximate surface area is 186 Å². The van der Waals surface area contributed by atoms with Crippen LogP contribution >= 0.6 is 0 Å². The van der Waals surface area contributed by atoms with E-state index in [2.05, 4.69) is 20.4 Å². The number of hydrogen-bond acceptors (Lipinski definition) is 7. The minimum Gasteiger partial charge on any atom is -0.389 e. The first-order valence-electron chi connectivity index (χ1n) is 9.34. The van der Waals surface area contributed by atoms with Crippen molar-refractivity contribution in [1.29, 1.82) is 0 Å². The van der Waals surface area contributed by atoms with Crippen LogP contribution in [-0.2, 0) is 22.7 Å². The van der Waals surface area contributed by atoms with Crippen molar-refractivity contribution in [2.45, 2.75) is 44.0 Å². The lowest BCUT2D eigenvalue weighted by molar-refractivity contribution is -0.137. The van der Waals surface area contributed by atoms with E-state index in [0.717, 1.165) is 18.3 Å². The Morgan fingerprint density at radius 3 is 2.45 bits per heavy atom. The Balaban J connectivity index is 2.04. The normalized spacial score (nSPS) is 12.8. The highest BCUT2D eigenvalue weighted by Gasteiger charge is 2.36. The zero-order chi connectivity index (χ0) is 24.8. The summed E-state index contributed by atoms with van der Waals surface area (Å²) in [5, 5.41) is 21.4. The topological polar surface area (TPSA) is 136 Å². The van der Waals surface area contributed by atoms with Crippen molar-refractivity contribution in [3.05, 3.63) is 47.7 Å². The number of primary sulfonamides is 1. The summed E-state index contributed by atoms with van der Waals surface area (Å²) >= 11 is 0. The average molecular weight is 488 g/mol. The fourth-order valence-corrected chi connectivity index (χ4v) is 3.80. The van der Waals surface area contributed by atoms with Gasteiger partial charge in [-0.3, -0.25) is 4.68 Å². The van der Waals surface area contributed by atoms with Gasteiger partial charge in [0.2, 0.25) is 16.0 Å². The number of benzene rings is 1. The first-order chi connectivity index (χ1) is 15.1. The van der Waals surface area contributed by atoms with E-state index in [1.165, 1.54) is 31.6 Å². The molecular formula is C19H20F4N6O3S. The Bertz CT molecular complexity index is 1300. The summed E-state index contributed by atoms with van der Waals surface area (Å²) in [6.45, 7) is 4.24. The fraction of sp³-hybridized carbons (Fsp3) is 0.316. The third-order valence-electron chi connectivity index (χ3n) is 4.44. The van der Waals surface area contributed by atoms with Crippen molar-refractivity contribution in [1.82, 2.24) is 19.7 Å². The van der Waals surface area contributed by atoms with E-state index in [9.17, 15) is 31.1 Å². The SMILES string of the molecule is Cc1c(S(N)(=O)=O)ccc(Nc2ncc(C(F)(F)F)c(-c3cnn(CC(C)(C)O)c3)n2)c1F. The van der Waals surface area contributed by atoms with Crippen LogP contribution in [0.1, 0.15) is 25.0 Å². The first kappa shape index (κ1) is 24.5. The van der Waals surface area contributed by atoms with Crippen LogP contribution in [-0.4, -0.2) is 38.9 Å². The maximum atomic E-state index is 14.7. The van der Waals surface area contributed by atoms with Gasteiger partial charge in [-0.15, -0.1) is 0 Å². The van der Waals surface area contributed by atoms with Gasteiger partial charge in [0, 0.05) is 23.5 Å². The standard InChI is InChI=1S/C19H20F4N6O3S/c1-10-14(33(24,31)32)5-4-13(15(10)20)27-17-25-7-12(19(21,22)23)16(28-17)11-6-26-29(8-11)9-18(2,3)30/h4-8,30H,9H2,1-3H3,(H2,24,31,32)(H,25,27,28). The van der Waals surface area contributed by atoms with Gasteiger partial charge in [-0.2, -0.15) is 18.3 Å². The molecule has 3 aromatic rings. The van der Waals surface area contributed by atoms with E-state index >= 15 is 0 Å². The van der Waals surface area contributed by atoms with Crippen molar-refractivity contribution < 1.29 is 31.1 Å². The van der Waals surface area contributed by atoms with Crippen molar-refractivity contribution in [3.8, 4) is 11.3 Å². The number of alkyl halides is 3. The molecular weight excluding hydrogens is 468 g/mol. The van der Waals surface area contributed by atoms with E-state index < -0.39 is 43.8 Å². The highest BCUT2D eigenvalue weighted by molar-refractivity contribution is 7.89. The summed E-state index contributed by atoms with van der Waals surface area (Å²) in [5.41, 5.74) is -3.35. The van der Waals surface area contributed by atoms with Gasteiger partial charge in [0.1, 0.15) is 5.56 Å². The van der Waals surface area contributed by atoms with Crippen LogP contribution in [0.5, 0.6) is 0 Å². The zero-order valence-corrected chi connectivity index (χ0v) is 18.5. The van der Waals surface area contributed by atoms with Gasteiger partial charge in [-0.05, 0) is 32.9 Å². The Morgan fingerprint density at radius 2 is 1.88 bits per heavy atom. The van der Waals surface area contributed by atoms with Crippen LogP contribution < -0.4 is 10.5 Å². The number of anilines is 2. The molecule has 0 saturated carbocycles. The molecule has 0 bridgehead atoms. The van der Waals surface area contributed by atoms with E-state index in [0.29, 0.717) is 6.20 Å². The van der Waals surface area contributed by atoms with Crippen LogP contribution in [0, 0.1) is 12.7 Å². The molecule has 0 atom stereocenters. The van der Waals surface area contributed by atoms with Gasteiger partial charge in [-0.1, -0.05) is 0 Å². The number of nitrogens with two attached hydrogens (primary N) is 1. The Kier molecular flexibility index (Phi) is 6.21. The van der Waals surface area contributed by atoms with Crippen molar-refractivity contribution in [3.63, 3.8) is 0 Å². The monoisotopic (exact) mass is 488 g/mol. The lowest BCUT2D eigenvalue weighted by Gasteiger charge is -2.16.